The maximum atomic E-state index is 4.24. The molecule has 2 aromatic rings. The van der Waals surface area contributed by atoms with E-state index < -0.39 is 0 Å². The average molecular weight is 202 g/mol. The van der Waals surface area contributed by atoms with E-state index >= 15 is 0 Å². The van der Waals surface area contributed by atoms with Gasteiger partial charge >= 0.3 is 0 Å². The second-order valence-corrected chi connectivity index (χ2v) is 3.29. The molecule has 0 bridgehead atoms. The molecule has 0 aliphatic rings. The summed E-state index contributed by atoms with van der Waals surface area (Å²) >= 11 is 4.10. The van der Waals surface area contributed by atoms with E-state index in [2.05, 4.69) is 29.5 Å². The van der Waals surface area contributed by atoms with Gasteiger partial charge in [0.15, 0.2) is 0 Å². The molecule has 0 radical (unpaired) electrons. The van der Waals surface area contributed by atoms with Gasteiger partial charge in [-0.2, -0.15) is 12.6 Å². The Bertz CT molecular complexity index is 490. The molecule has 0 unspecified atom stereocenters. The molecule has 0 aliphatic carbocycles. The lowest BCUT2D eigenvalue weighted by Crippen LogP contribution is -1.85. The molecule has 70 valence electrons. The molecule has 3 heteroatoms. The fourth-order valence-electron chi connectivity index (χ4n) is 1.23. The summed E-state index contributed by atoms with van der Waals surface area (Å²) in [6, 6.07) is 5.90. The molecular formula is C11H10N2S. The summed E-state index contributed by atoms with van der Waals surface area (Å²) in [5.41, 5.74) is 1.87. The van der Waals surface area contributed by atoms with Crippen molar-refractivity contribution in [2.24, 2.45) is 0 Å². The van der Waals surface area contributed by atoms with Crippen molar-refractivity contribution in [1.29, 1.82) is 0 Å². The van der Waals surface area contributed by atoms with E-state index in [1.807, 2.05) is 28.8 Å². The fraction of sp³-hybridized carbons (Fsp3) is 0.182. The van der Waals surface area contributed by atoms with Crippen LogP contribution in [0, 0.1) is 11.8 Å². The van der Waals surface area contributed by atoms with Crippen molar-refractivity contribution >= 4 is 18.3 Å². The van der Waals surface area contributed by atoms with Crippen LogP contribution in [0.25, 0.3) is 5.65 Å². The van der Waals surface area contributed by atoms with E-state index in [0.717, 1.165) is 23.5 Å². The van der Waals surface area contributed by atoms with Gasteiger partial charge in [0.2, 0.25) is 0 Å². The Kier molecular flexibility index (Phi) is 2.76. The quantitative estimate of drug-likeness (QED) is 0.553. The number of hydrogen-bond acceptors (Lipinski definition) is 2. The number of imidazole rings is 1. The van der Waals surface area contributed by atoms with Gasteiger partial charge in [-0.25, -0.2) is 4.98 Å². The zero-order valence-electron chi connectivity index (χ0n) is 7.64. The van der Waals surface area contributed by atoms with Gasteiger partial charge < -0.3 is 0 Å². The lowest BCUT2D eigenvalue weighted by atomic mass is 10.4. The van der Waals surface area contributed by atoms with Crippen LogP contribution >= 0.6 is 12.6 Å². The molecule has 0 aromatic carbocycles. The summed E-state index contributed by atoms with van der Waals surface area (Å²) in [5.74, 6) is 6.91. The van der Waals surface area contributed by atoms with Crippen molar-refractivity contribution in [2.45, 2.75) is 6.42 Å². The van der Waals surface area contributed by atoms with Crippen LogP contribution in [0.2, 0.25) is 0 Å². The van der Waals surface area contributed by atoms with Gasteiger partial charge in [0.1, 0.15) is 11.3 Å². The smallest absolute Gasteiger partial charge is 0.137 e. The number of fused-ring (bicyclic) bond motifs is 1. The summed E-state index contributed by atoms with van der Waals surface area (Å²) < 4.78 is 1.98. The third-order valence-electron chi connectivity index (χ3n) is 1.87. The van der Waals surface area contributed by atoms with Gasteiger partial charge in [0, 0.05) is 18.4 Å². The molecule has 2 nitrogen and oxygen atoms in total. The summed E-state index contributed by atoms with van der Waals surface area (Å²) in [5, 5.41) is 0. The van der Waals surface area contributed by atoms with E-state index in [-0.39, 0.29) is 0 Å². The first kappa shape index (κ1) is 9.17. The van der Waals surface area contributed by atoms with Gasteiger partial charge in [-0.15, -0.1) is 0 Å². The highest BCUT2D eigenvalue weighted by atomic mass is 32.1. The number of nitrogens with zero attached hydrogens (tertiary/aromatic N) is 2. The molecule has 0 aliphatic heterocycles. The van der Waals surface area contributed by atoms with Crippen molar-refractivity contribution in [3.63, 3.8) is 0 Å². The summed E-state index contributed by atoms with van der Waals surface area (Å²) in [6.07, 6.45) is 4.57. The minimum atomic E-state index is 0.795. The first-order valence-corrected chi connectivity index (χ1v) is 5.07. The van der Waals surface area contributed by atoms with Crippen molar-refractivity contribution in [3.05, 3.63) is 36.3 Å². The van der Waals surface area contributed by atoms with Crippen LogP contribution in [-0.4, -0.2) is 15.1 Å². The van der Waals surface area contributed by atoms with Crippen molar-refractivity contribution in [2.75, 3.05) is 5.75 Å². The molecule has 0 atom stereocenters. The van der Waals surface area contributed by atoms with Crippen molar-refractivity contribution in [1.82, 2.24) is 9.38 Å². The molecule has 0 fully saturated rings. The molecule has 0 saturated heterocycles. The lowest BCUT2D eigenvalue weighted by Gasteiger charge is -1.92. The number of rotatable bonds is 1. The van der Waals surface area contributed by atoms with Crippen molar-refractivity contribution < 1.29 is 0 Å². The van der Waals surface area contributed by atoms with Crippen LogP contribution in [-0.2, 0) is 0 Å². The standard InChI is InChI=1S/C11H10N2S/c14-8-4-2-5-10-9-12-11-6-1-3-7-13(10)11/h1,3,6-7,9,14H,4,8H2. The molecular weight excluding hydrogens is 192 g/mol. The summed E-state index contributed by atoms with van der Waals surface area (Å²) in [4.78, 5) is 4.24. The SMILES string of the molecule is SCCC#Cc1cnc2ccccn12. The second kappa shape index (κ2) is 4.21. The van der Waals surface area contributed by atoms with Gasteiger partial charge in [-0.3, -0.25) is 4.40 Å². The van der Waals surface area contributed by atoms with E-state index in [0.29, 0.717) is 0 Å². The highest BCUT2D eigenvalue weighted by Crippen LogP contribution is 2.04. The van der Waals surface area contributed by atoms with Crippen LogP contribution < -0.4 is 0 Å². The molecule has 2 aromatic heterocycles. The van der Waals surface area contributed by atoms with Crippen LogP contribution in [0.5, 0.6) is 0 Å². The molecule has 0 amide bonds. The first-order valence-electron chi connectivity index (χ1n) is 4.43. The predicted octanol–water partition coefficient (Wildman–Crippen LogP) is 2.01. The molecule has 2 rings (SSSR count). The van der Waals surface area contributed by atoms with E-state index in [4.69, 9.17) is 0 Å². The maximum absolute atomic E-state index is 4.24. The largest absolute Gasteiger partial charge is 0.293 e. The minimum absolute atomic E-state index is 0.795. The lowest BCUT2D eigenvalue weighted by molar-refractivity contribution is 1.16. The zero-order chi connectivity index (χ0) is 9.80. The van der Waals surface area contributed by atoms with Crippen LogP contribution in [0.15, 0.2) is 30.6 Å². The van der Waals surface area contributed by atoms with E-state index in [1.54, 1.807) is 6.20 Å². The van der Waals surface area contributed by atoms with Crippen LogP contribution in [0.1, 0.15) is 12.1 Å². The van der Waals surface area contributed by atoms with E-state index in [9.17, 15) is 0 Å². The number of pyridine rings is 1. The normalized spacial score (nSPS) is 9.79. The Morgan fingerprint density at radius 1 is 1.43 bits per heavy atom. The third kappa shape index (κ3) is 1.75. The van der Waals surface area contributed by atoms with Crippen molar-refractivity contribution in [3.8, 4) is 11.8 Å². The fourth-order valence-corrected chi connectivity index (χ4v) is 1.35. The van der Waals surface area contributed by atoms with Crippen LogP contribution in [0.3, 0.4) is 0 Å². The maximum Gasteiger partial charge on any atom is 0.137 e. The number of aromatic nitrogens is 2. The number of thiol groups is 1. The Labute approximate surface area is 88.4 Å². The van der Waals surface area contributed by atoms with Gasteiger partial charge in [0.05, 0.1) is 6.20 Å². The second-order valence-electron chi connectivity index (χ2n) is 2.85. The van der Waals surface area contributed by atoms with Gasteiger partial charge in [-0.05, 0) is 18.1 Å². The zero-order valence-corrected chi connectivity index (χ0v) is 8.54. The first-order chi connectivity index (χ1) is 6.92. The Morgan fingerprint density at radius 3 is 3.21 bits per heavy atom. The molecule has 0 saturated carbocycles. The molecule has 0 N–H and O–H groups in total. The average Bonchev–Trinajstić information content (AvgIpc) is 2.63. The molecule has 14 heavy (non-hydrogen) atoms. The molecule has 0 spiro atoms. The van der Waals surface area contributed by atoms with Gasteiger partial charge in [0.25, 0.3) is 0 Å². The Morgan fingerprint density at radius 2 is 2.36 bits per heavy atom. The highest BCUT2D eigenvalue weighted by molar-refractivity contribution is 7.80. The Hall–Kier alpha value is -1.40. The van der Waals surface area contributed by atoms with Crippen LogP contribution in [0.4, 0.5) is 0 Å². The Balaban J connectivity index is 2.40. The topological polar surface area (TPSA) is 17.3 Å². The summed E-state index contributed by atoms with van der Waals surface area (Å²) in [6.45, 7) is 0. The monoisotopic (exact) mass is 202 g/mol. The highest BCUT2D eigenvalue weighted by Gasteiger charge is 1.96. The van der Waals surface area contributed by atoms with Gasteiger partial charge in [-0.1, -0.05) is 12.0 Å². The minimum Gasteiger partial charge on any atom is -0.293 e. The van der Waals surface area contributed by atoms with E-state index in [1.165, 1.54) is 0 Å². The summed E-state index contributed by atoms with van der Waals surface area (Å²) in [7, 11) is 0. The number of hydrogen-bond donors (Lipinski definition) is 1. The predicted molar refractivity (Wildman–Crippen MR) is 60.5 cm³/mol. The third-order valence-corrected chi connectivity index (χ3v) is 2.09. The molecule has 2 heterocycles.